The molecule has 1 aliphatic rings. The van der Waals surface area contributed by atoms with Gasteiger partial charge in [0.05, 0.1) is 17.5 Å². The van der Waals surface area contributed by atoms with E-state index in [1.54, 1.807) is 6.26 Å². The Hall–Kier alpha value is -1.55. The molecule has 0 fully saturated rings. The number of aromatic nitrogens is 2. The maximum absolute atomic E-state index is 6.05. The Labute approximate surface area is 93.9 Å². The fourth-order valence-electron chi connectivity index (χ4n) is 2.10. The Morgan fingerprint density at radius 2 is 2.25 bits per heavy atom. The van der Waals surface area contributed by atoms with E-state index < -0.39 is 5.54 Å². The summed E-state index contributed by atoms with van der Waals surface area (Å²) in [6.07, 6.45) is 3.60. The molecule has 2 aromatic rings. The van der Waals surface area contributed by atoms with Crippen molar-refractivity contribution in [2.45, 2.75) is 32.2 Å². The number of furan rings is 1. The number of imidazole rings is 1. The average molecular weight is 217 g/mol. The zero-order valence-corrected chi connectivity index (χ0v) is 9.50. The highest BCUT2D eigenvalue weighted by atomic mass is 16.3. The number of hydrogen-bond acceptors (Lipinski definition) is 3. The summed E-state index contributed by atoms with van der Waals surface area (Å²) in [4.78, 5) is 7.92. The van der Waals surface area contributed by atoms with Gasteiger partial charge in [-0.05, 0) is 26.3 Å². The molecule has 0 saturated carbocycles. The first-order valence-electron chi connectivity index (χ1n) is 5.50. The first-order chi connectivity index (χ1) is 7.55. The topological polar surface area (TPSA) is 67.8 Å². The second-order valence-corrected chi connectivity index (χ2v) is 4.89. The molecule has 0 aromatic carbocycles. The van der Waals surface area contributed by atoms with Crippen LogP contribution in [0.25, 0.3) is 11.3 Å². The molecule has 3 rings (SSSR count). The number of nitrogens with one attached hydrogen (secondary N) is 1. The molecule has 16 heavy (non-hydrogen) atoms. The molecule has 4 nitrogen and oxygen atoms in total. The van der Waals surface area contributed by atoms with E-state index in [1.807, 2.05) is 19.9 Å². The van der Waals surface area contributed by atoms with Crippen LogP contribution in [0.1, 0.15) is 31.1 Å². The molecule has 0 saturated heterocycles. The van der Waals surface area contributed by atoms with E-state index in [-0.39, 0.29) is 0 Å². The van der Waals surface area contributed by atoms with E-state index >= 15 is 0 Å². The van der Waals surface area contributed by atoms with Gasteiger partial charge in [0.2, 0.25) is 0 Å². The highest BCUT2D eigenvalue weighted by Gasteiger charge is 2.26. The van der Waals surface area contributed by atoms with Crippen molar-refractivity contribution in [3.8, 4) is 11.3 Å². The largest absolute Gasteiger partial charge is 0.469 e. The molecule has 0 aliphatic heterocycles. The predicted octanol–water partition coefficient (Wildman–Crippen LogP) is 1.96. The molecule has 0 bridgehead atoms. The molecule has 2 heterocycles. The molecule has 0 unspecified atom stereocenters. The number of H-pyrrole nitrogens is 1. The van der Waals surface area contributed by atoms with Gasteiger partial charge in [0.1, 0.15) is 11.6 Å². The Morgan fingerprint density at radius 3 is 3.00 bits per heavy atom. The molecule has 4 heteroatoms. The zero-order valence-electron chi connectivity index (χ0n) is 9.50. The molecule has 3 N–H and O–H groups in total. The van der Waals surface area contributed by atoms with Gasteiger partial charge >= 0.3 is 0 Å². The Balaban J connectivity index is 2.16. The molecule has 0 radical (unpaired) electrons. The van der Waals surface area contributed by atoms with Crippen molar-refractivity contribution in [2.24, 2.45) is 5.73 Å². The standard InChI is InChI=1S/C12H15N3O/c1-12(2,13)11-14-8-3-4-9-7(5-6-16-9)10(8)15-11/h5-6H,3-4,13H2,1-2H3,(H,14,15). The van der Waals surface area contributed by atoms with E-state index in [9.17, 15) is 0 Å². The van der Waals surface area contributed by atoms with Gasteiger partial charge in [0.25, 0.3) is 0 Å². The van der Waals surface area contributed by atoms with Crippen LogP contribution in [-0.4, -0.2) is 9.97 Å². The molecule has 0 spiro atoms. The summed E-state index contributed by atoms with van der Waals surface area (Å²) in [6, 6.07) is 1.97. The lowest BCUT2D eigenvalue weighted by Crippen LogP contribution is -2.30. The third-order valence-electron chi connectivity index (χ3n) is 2.99. The number of aromatic amines is 1. The minimum Gasteiger partial charge on any atom is -0.469 e. The van der Waals surface area contributed by atoms with Crippen LogP contribution in [0.2, 0.25) is 0 Å². The first-order valence-corrected chi connectivity index (χ1v) is 5.50. The average Bonchev–Trinajstić information content (AvgIpc) is 2.81. The van der Waals surface area contributed by atoms with Gasteiger partial charge in [-0.1, -0.05) is 0 Å². The SMILES string of the molecule is CC(C)(N)c1nc2c([nH]1)CCc1occc1-2. The maximum atomic E-state index is 6.05. The lowest BCUT2D eigenvalue weighted by Gasteiger charge is -2.14. The van der Waals surface area contributed by atoms with Crippen molar-refractivity contribution in [2.75, 3.05) is 0 Å². The normalized spacial score (nSPS) is 14.7. The Kier molecular flexibility index (Phi) is 1.80. The van der Waals surface area contributed by atoms with Crippen molar-refractivity contribution in [1.82, 2.24) is 9.97 Å². The van der Waals surface area contributed by atoms with E-state index in [1.165, 1.54) is 5.69 Å². The highest BCUT2D eigenvalue weighted by Crippen LogP contribution is 2.33. The highest BCUT2D eigenvalue weighted by molar-refractivity contribution is 5.66. The van der Waals surface area contributed by atoms with Gasteiger partial charge in [-0.15, -0.1) is 0 Å². The lowest BCUT2D eigenvalue weighted by atomic mass is 10.00. The van der Waals surface area contributed by atoms with Crippen LogP contribution in [0.3, 0.4) is 0 Å². The third-order valence-corrected chi connectivity index (χ3v) is 2.99. The van der Waals surface area contributed by atoms with Crippen LogP contribution in [-0.2, 0) is 18.4 Å². The number of nitrogens with zero attached hydrogens (tertiary/aromatic N) is 1. The summed E-state index contributed by atoms with van der Waals surface area (Å²) >= 11 is 0. The maximum Gasteiger partial charge on any atom is 0.126 e. The number of fused-ring (bicyclic) bond motifs is 3. The summed E-state index contributed by atoms with van der Waals surface area (Å²) in [5, 5.41) is 0. The fourth-order valence-corrected chi connectivity index (χ4v) is 2.10. The van der Waals surface area contributed by atoms with E-state index in [2.05, 4.69) is 9.97 Å². The molecule has 84 valence electrons. The molecular weight excluding hydrogens is 202 g/mol. The van der Waals surface area contributed by atoms with Crippen molar-refractivity contribution >= 4 is 0 Å². The Morgan fingerprint density at radius 1 is 1.44 bits per heavy atom. The second-order valence-electron chi connectivity index (χ2n) is 4.89. The zero-order chi connectivity index (χ0) is 11.3. The van der Waals surface area contributed by atoms with Gasteiger partial charge in [0, 0.05) is 17.7 Å². The third kappa shape index (κ3) is 1.30. The number of rotatable bonds is 1. The molecule has 2 aromatic heterocycles. The van der Waals surface area contributed by atoms with Crippen molar-refractivity contribution < 1.29 is 4.42 Å². The van der Waals surface area contributed by atoms with Gasteiger partial charge in [-0.25, -0.2) is 4.98 Å². The molecule has 1 aliphatic carbocycles. The number of aryl methyl sites for hydroxylation is 2. The predicted molar refractivity (Wildman–Crippen MR) is 60.9 cm³/mol. The minimum absolute atomic E-state index is 0.429. The number of hydrogen-bond donors (Lipinski definition) is 2. The van der Waals surface area contributed by atoms with Crippen LogP contribution in [0, 0.1) is 0 Å². The van der Waals surface area contributed by atoms with Crippen LogP contribution in [0.15, 0.2) is 16.7 Å². The monoisotopic (exact) mass is 217 g/mol. The van der Waals surface area contributed by atoms with E-state index in [4.69, 9.17) is 10.2 Å². The summed E-state index contributed by atoms with van der Waals surface area (Å²) in [7, 11) is 0. The van der Waals surface area contributed by atoms with Crippen molar-refractivity contribution in [3.05, 3.63) is 29.6 Å². The minimum atomic E-state index is -0.429. The van der Waals surface area contributed by atoms with Crippen LogP contribution >= 0.6 is 0 Å². The van der Waals surface area contributed by atoms with Gasteiger partial charge < -0.3 is 15.1 Å². The van der Waals surface area contributed by atoms with Crippen LogP contribution in [0.4, 0.5) is 0 Å². The fraction of sp³-hybridized carbons (Fsp3) is 0.417. The molecular formula is C12H15N3O. The van der Waals surface area contributed by atoms with E-state index in [0.717, 1.165) is 35.7 Å². The summed E-state index contributed by atoms with van der Waals surface area (Å²) in [5.41, 5.74) is 8.89. The van der Waals surface area contributed by atoms with Gasteiger partial charge in [0.15, 0.2) is 0 Å². The first kappa shape index (κ1) is 9.66. The smallest absolute Gasteiger partial charge is 0.126 e. The van der Waals surface area contributed by atoms with Crippen molar-refractivity contribution in [1.29, 1.82) is 0 Å². The summed E-state index contributed by atoms with van der Waals surface area (Å²) in [5.74, 6) is 1.87. The molecule has 0 atom stereocenters. The lowest BCUT2D eigenvalue weighted by molar-refractivity contribution is 0.505. The van der Waals surface area contributed by atoms with Gasteiger partial charge in [-0.2, -0.15) is 0 Å². The number of nitrogens with two attached hydrogens (primary N) is 1. The van der Waals surface area contributed by atoms with E-state index in [0.29, 0.717) is 0 Å². The summed E-state index contributed by atoms with van der Waals surface area (Å²) < 4.78 is 5.42. The van der Waals surface area contributed by atoms with Gasteiger partial charge in [-0.3, -0.25) is 0 Å². The second kappa shape index (κ2) is 2.98. The van der Waals surface area contributed by atoms with Crippen LogP contribution < -0.4 is 5.73 Å². The molecule has 0 amide bonds. The quantitative estimate of drug-likeness (QED) is 0.767. The van der Waals surface area contributed by atoms with Crippen molar-refractivity contribution in [3.63, 3.8) is 0 Å². The van der Waals surface area contributed by atoms with Crippen LogP contribution in [0.5, 0.6) is 0 Å². The summed E-state index contributed by atoms with van der Waals surface area (Å²) in [6.45, 7) is 3.90. The Bertz CT molecular complexity index is 531.